The van der Waals surface area contributed by atoms with Crippen molar-refractivity contribution in [1.29, 1.82) is 0 Å². The molecular weight excluding hydrogens is 292 g/mol. The zero-order chi connectivity index (χ0) is 16.7. The average Bonchev–Trinajstić information content (AvgIpc) is 2.55. The van der Waals surface area contributed by atoms with Crippen LogP contribution in [0.15, 0.2) is 42.9 Å². The van der Waals surface area contributed by atoms with Crippen molar-refractivity contribution in [3.8, 4) is 0 Å². The van der Waals surface area contributed by atoms with Gasteiger partial charge in [-0.25, -0.2) is 4.98 Å². The Morgan fingerprint density at radius 3 is 2.78 bits per heavy atom. The summed E-state index contributed by atoms with van der Waals surface area (Å²) in [5, 5.41) is 15.2. The summed E-state index contributed by atoms with van der Waals surface area (Å²) in [7, 11) is 0. The van der Waals surface area contributed by atoms with Gasteiger partial charge in [0, 0.05) is 36.3 Å². The van der Waals surface area contributed by atoms with Crippen molar-refractivity contribution < 1.29 is 9.90 Å². The van der Waals surface area contributed by atoms with Crippen molar-refractivity contribution in [1.82, 2.24) is 15.3 Å². The van der Waals surface area contributed by atoms with E-state index in [0.29, 0.717) is 17.8 Å². The Labute approximate surface area is 136 Å². The van der Waals surface area contributed by atoms with Crippen LogP contribution in [0.3, 0.4) is 0 Å². The molecule has 6 heteroatoms. The van der Waals surface area contributed by atoms with Crippen LogP contribution in [0.2, 0.25) is 0 Å². The molecule has 0 aliphatic carbocycles. The Balaban J connectivity index is 2.08. The molecule has 1 aromatic heterocycles. The number of carbonyl (C=O) groups excluding carboxylic acids is 1. The summed E-state index contributed by atoms with van der Waals surface area (Å²) in [6.45, 7) is 4.09. The van der Waals surface area contributed by atoms with Crippen LogP contribution in [0, 0.1) is 5.92 Å². The van der Waals surface area contributed by atoms with Crippen molar-refractivity contribution >= 4 is 17.4 Å². The fraction of sp³-hybridized carbons (Fsp3) is 0.353. The number of aliphatic hydroxyl groups excluding tert-OH is 1. The van der Waals surface area contributed by atoms with Crippen LogP contribution >= 0.6 is 0 Å². The number of aromatic nitrogens is 2. The molecule has 0 radical (unpaired) electrons. The summed E-state index contributed by atoms with van der Waals surface area (Å²) in [6, 6.07) is 7.14. The Morgan fingerprint density at radius 1 is 1.30 bits per heavy atom. The van der Waals surface area contributed by atoms with Gasteiger partial charge in [0.05, 0.1) is 6.20 Å². The van der Waals surface area contributed by atoms with Crippen molar-refractivity contribution in [2.75, 3.05) is 11.9 Å². The van der Waals surface area contributed by atoms with Gasteiger partial charge < -0.3 is 15.7 Å². The quantitative estimate of drug-likeness (QED) is 0.730. The molecule has 6 nitrogen and oxygen atoms in total. The van der Waals surface area contributed by atoms with Crippen LogP contribution in [0.4, 0.5) is 11.5 Å². The number of hydrogen-bond acceptors (Lipinski definition) is 5. The molecule has 2 aromatic rings. The van der Waals surface area contributed by atoms with Gasteiger partial charge in [-0.3, -0.25) is 9.78 Å². The Kier molecular flexibility index (Phi) is 6.05. The second kappa shape index (κ2) is 8.24. The molecule has 0 bridgehead atoms. The van der Waals surface area contributed by atoms with E-state index < -0.39 is 0 Å². The zero-order valence-corrected chi connectivity index (χ0v) is 13.4. The summed E-state index contributed by atoms with van der Waals surface area (Å²) in [4.78, 5) is 20.5. The lowest BCUT2D eigenvalue weighted by atomic mass is 10.0. The van der Waals surface area contributed by atoms with E-state index in [0.717, 1.165) is 5.69 Å². The van der Waals surface area contributed by atoms with Gasteiger partial charge in [0.1, 0.15) is 5.82 Å². The van der Waals surface area contributed by atoms with Gasteiger partial charge >= 0.3 is 0 Å². The van der Waals surface area contributed by atoms with Crippen LogP contribution in [0.1, 0.15) is 30.6 Å². The number of hydrogen-bond donors (Lipinski definition) is 3. The van der Waals surface area contributed by atoms with E-state index >= 15 is 0 Å². The first kappa shape index (κ1) is 16.9. The van der Waals surface area contributed by atoms with E-state index in [2.05, 4.69) is 20.6 Å². The third-order valence-electron chi connectivity index (χ3n) is 3.52. The van der Waals surface area contributed by atoms with Gasteiger partial charge in [-0.2, -0.15) is 0 Å². The lowest BCUT2D eigenvalue weighted by molar-refractivity contribution is 0.0916. The number of anilines is 2. The van der Waals surface area contributed by atoms with Crippen molar-refractivity contribution in [2.24, 2.45) is 5.92 Å². The highest BCUT2D eigenvalue weighted by Crippen LogP contribution is 2.16. The van der Waals surface area contributed by atoms with Crippen molar-refractivity contribution in [3.63, 3.8) is 0 Å². The number of carbonyl (C=O) groups is 1. The predicted octanol–water partition coefficient (Wildman–Crippen LogP) is 2.36. The molecule has 1 amide bonds. The second-order valence-electron chi connectivity index (χ2n) is 5.63. The lowest BCUT2D eigenvalue weighted by Gasteiger charge is -2.21. The molecule has 122 valence electrons. The third kappa shape index (κ3) is 5.03. The molecule has 3 N–H and O–H groups in total. The summed E-state index contributed by atoms with van der Waals surface area (Å²) >= 11 is 0. The standard InChI is InChI=1S/C17H22N4O2/c1-12(2)15(6-9-22)21-17(23)13-4-3-5-14(10-13)20-16-11-18-7-8-19-16/h3-5,7-8,10-12,15,22H,6,9H2,1-2H3,(H,19,20)(H,21,23). The maximum absolute atomic E-state index is 12.4. The molecule has 0 saturated heterocycles. The van der Waals surface area contributed by atoms with Crippen LogP contribution in [-0.2, 0) is 0 Å². The number of amides is 1. The van der Waals surface area contributed by atoms with Gasteiger partial charge in [0.25, 0.3) is 5.91 Å². The van der Waals surface area contributed by atoms with Crippen LogP contribution in [0.5, 0.6) is 0 Å². The predicted molar refractivity (Wildman–Crippen MR) is 89.6 cm³/mol. The number of nitrogens with one attached hydrogen (secondary N) is 2. The molecule has 0 fully saturated rings. The molecule has 1 atom stereocenters. The molecule has 1 aromatic carbocycles. The molecule has 0 aliphatic rings. The third-order valence-corrected chi connectivity index (χ3v) is 3.52. The molecule has 1 heterocycles. The average molecular weight is 314 g/mol. The highest BCUT2D eigenvalue weighted by molar-refractivity contribution is 5.95. The van der Waals surface area contributed by atoms with E-state index in [9.17, 15) is 4.79 Å². The molecular formula is C17H22N4O2. The maximum Gasteiger partial charge on any atom is 0.251 e. The molecule has 0 saturated carbocycles. The van der Waals surface area contributed by atoms with Crippen LogP contribution in [-0.4, -0.2) is 33.6 Å². The van der Waals surface area contributed by atoms with E-state index in [1.165, 1.54) is 0 Å². The van der Waals surface area contributed by atoms with Crippen molar-refractivity contribution in [2.45, 2.75) is 26.3 Å². The molecule has 0 aliphatic heterocycles. The van der Waals surface area contributed by atoms with Gasteiger partial charge in [-0.05, 0) is 30.5 Å². The van der Waals surface area contributed by atoms with E-state index in [4.69, 9.17) is 5.11 Å². The SMILES string of the molecule is CC(C)C(CCO)NC(=O)c1cccc(Nc2cnccn2)c1. The van der Waals surface area contributed by atoms with E-state index in [1.807, 2.05) is 26.0 Å². The van der Waals surface area contributed by atoms with Crippen LogP contribution < -0.4 is 10.6 Å². The number of benzene rings is 1. The van der Waals surface area contributed by atoms with Crippen molar-refractivity contribution in [3.05, 3.63) is 48.4 Å². The highest BCUT2D eigenvalue weighted by atomic mass is 16.3. The minimum absolute atomic E-state index is 0.0518. The van der Waals surface area contributed by atoms with Gasteiger partial charge in [-0.1, -0.05) is 19.9 Å². The first-order chi connectivity index (χ1) is 11.1. The molecule has 23 heavy (non-hydrogen) atoms. The summed E-state index contributed by atoms with van der Waals surface area (Å²) < 4.78 is 0. The van der Waals surface area contributed by atoms with Gasteiger partial charge in [-0.15, -0.1) is 0 Å². The van der Waals surface area contributed by atoms with E-state index in [1.54, 1.807) is 30.7 Å². The maximum atomic E-state index is 12.4. The molecule has 1 unspecified atom stereocenters. The monoisotopic (exact) mass is 314 g/mol. The summed E-state index contributed by atoms with van der Waals surface area (Å²) in [5.74, 6) is 0.720. The summed E-state index contributed by atoms with van der Waals surface area (Å²) in [6.07, 6.45) is 5.35. The largest absolute Gasteiger partial charge is 0.396 e. The van der Waals surface area contributed by atoms with Gasteiger partial charge in [0.15, 0.2) is 0 Å². The topological polar surface area (TPSA) is 87.1 Å². The minimum Gasteiger partial charge on any atom is -0.396 e. The zero-order valence-electron chi connectivity index (χ0n) is 13.4. The molecule has 2 rings (SSSR count). The number of nitrogens with zero attached hydrogens (tertiary/aromatic N) is 2. The van der Waals surface area contributed by atoms with Crippen LogP contribution in [0.25, 0.3) is 0 Å². The number of rotatable bonds is 7. The minimum atomic E-state index is -0.153. The van der Waals surface area contributed by atoms with Gasteiger partial charge in [0.2, 0.25) is 0 Å². The Hall–Kier alpha value is -2.47. The Morgan fingerprint density at radius 2 is 2.13 bits per heavy atom. The number of aliphatic hydroxyl groups is 1. The first-order valence-electron chi connectivity index (χ1n) is 7.65. The first-order valence-corrected chi connectivity index (χ1v) is 7.65. The fourth-order valence-corrected chi connectivity index (χ4v) is 2.21. The van der Waals surface area contributed by atoms with E-state index in [-0.39, 0.29) is 24.5 Å². The summed E-state index contributed by atoms with van der Waals surface area (Å²) in [5.41, 5.74) is 1.32. The second-order valence-corrected chi connectivity index (χ2v) is 5.63. The fourth-order valence-electron chi connectivity index (χ4n) is 2.21. The normalized spacial score (nSPS) is 12.0. The highest BCUT2D eigenvalue weighted by Gasteiger charge is 2.16. The Bertz CT molecular complexity index is 632. The lowest BCUT2D eigenvalue weighted by Crippen LogP contribution is -2.39. The smallest absolute Gasteiger partial charge is 0.251 e. The molecule has 0 spiro atoms.